The van der Waals surface area contributed by atoms with Gasteiger partial charge in [0.15, 0.2) is 0 Å². The first-order valence-corrected chi connectivity index (χ1v) is 8.51. The second kappa shape index (κ2) is 5.86. The van der Waals surface area contributed by atoms with Crippen molar-refractivity contribution in [3.63, 3.8) is 0 Å². The van der Waals surface area contributed by atoms with Gasteiger partial charge >= 0.3 is 0 Å². The fourth-order valence-electron chi connectivity index (χ4n) is 3.19. The lowest BCUT2D eigenvalue weighted by atomic mass is 10.1. The third-order valence-electron chi connectivity index (χ3n) is 4.14. The maximum atomic E-state index is 12.6. The lowest BCUT2D eigenvalue weighted by Crippen LogP contribution is -2.51. The van der Waals surface area contributed by atoms with Crippen LogP contribution in [0.15, 0.2) is 0 Å². The standard InChI is InChI=1S/C12H25N3O2S/c1-3-14(4-2)18(16,17)15-10-6-8-12(15)11-7-5-9-13-11/h11-13H,3-10H2,1-2H3. The predicted molar refractivity (Wildman–Crippen MR) is 72.6 cm³/mol. The zero-order chi connectivity index (χ0) is 13.2. The summed E-state index contributed by atoms with van der Waals surface area (Å²) >= 11 is 0. The number of hydrogen-bond donors (Lipinski definition) is 1. The molecule has 18 heavy (non-hydrogen) atoms. The Hall–Kier alpha value is -0.170. The van der Waals surface area contributed by atoms with Crippen LogP contribution in [0.5, 0.6) is 0 Å². The molecule has 0 aromatic carbocycles. The highest BCUT2D eigenvalue weighted by Crippen LogP contribution is 2.28. The van der Waals surface area contributed by atoms with Crippen LogP contribution in [0.3, 0.4) is 0 Å². The average molecular weight is 275 g/mol. The molecule has 1 N–H and O–H groups in total. The van der Waals surface area contributed by atoms with Crippen LogP contribution in [-0.2, 0) is 10.2 Å². The SMILES string of the molecule is CCN(CC)S(=O)(=O)N1CCCC1C1CCCN1. The molecule has 0 aromatic rings. The Kier molecular flexibility index (Phi) is 4.64. The van der Waals surface area contributed by atoms with Crippen LogP contribution < -0.4 is 5.32 Å². The van der Waals surface area contributed by atoms with Crippen LogP contribution in [0.2, 0.25) is 0 Å². The van der Waals surface area contributed by atoms with Gasteiger partial charge in [-0.05, 0) is 32.2 Å². The Morgan fingerprint density at radius 2 is 1.94 bits per heavy atom. The van der Waals surface area contributed by atoms with Crippen LogP contribution in [-0.4, -0.2) is 55.3 Å². The second-order valence-corrected chi connectivity index (χ2v) is 7.00. The van der Waals surface area contributed by atoms with E-state index in [0.29, 0.717) is 25.7 Å². The third-order valence-corrected chi connectivity index (χ3v) is 6.35. The van der Waals surface area contributed by atoms with Crippen molar-refractivity contribution in [2.45, 2.75) is 51.6 Å². The molecule has 0 aliphatic carbocycles. The van der Waals surface area contributed by atoms with Crippen molar-refractivity contribution in [1.29, 1.82) is 0 Å². The van der Waals surface area contributed by atoms with Gasteiger partial charge in [0, 0.05) is 31.7 Å². The molecule has 5 nitrogen and oxygen atoms in total. The van der Waals surface area contributed by atoms with Crippen LogP contribution in [0, 0.1) is 0 Å². The van der Waals surface area contributed by atoms with Gasteiger partial charge in [0.25, 0.3) is 10.2 Å². The Bertz CT molecular complexity index is 362. The van der Waals surface area contributed by atoms with Gasteiger partial charge in [0.2, 0.25) is 0 Å². The minimum absolute atomic E-state index is 0.165. The number of nitrogens with one attached hydrogen (secondary N) is 1. The third kappa shape index (κ3) is 2.57. The average Bonchev–Trinajstić information content (AvgIpc) is 3.01. The molecule has 0 radical (unpaired) electrons. The summed E-state index contributed by atoms with van der Waals surface area (Å²) in [6, 6.07) is 0.524. The zero-order valence-corrected chi connectivity index (χ0v) is 12.2. The molecule has 2 aliphatic rings. The van der Waals surface area contributed by atoms with E-state index in [0.717, 1.165) is 25.8 Å². The van der Waals surface area contributed by atoms with Crippen molar-refractivity contribution in [2.24, 2.45) is 0 Å². The van der Waals surface area contributed by atoms with Gasteiger partial charge in [-0.25, -0.2) is 0 Å². The van der Waals surface area contributed by atoms with E-state index >= 15 is 0 Å². The van der Waals surface area contributed by atoms with E-state index in [1.165, 1.54) is 6.42 Å². The van der Waals surface area contributed by atoms with Crippen molar-refractivity contribution in [3.05, 3.63) is 0 Å². The molecule has 6 heteroatoms. The van der Waals surface area contributed by atoms with Crippen LogP contribution in [0.1, 0.15) is 39.5 Å². The van der Waals surface area contributed by atoms with Gasteiger partial charge < -0.3 is 5.32 Å². The predicted octanol–water partition coefficient (Wildman–Crippen LogP) is 0.789. The minimum atomic E-state index is -3.26. The summed E-state index contributed by atoms with van der Waals surface area (Å²) in [5.74, 6) is 0. The molecule has 0 saturated carbocycles. The molecule has 0 aromatic heterocycles. The topological polar surface area (TPSA) is 52.7 Å². The summed E-state index contributed by atoms with van der Waals surface area (Å²) in [7, 11) is -3.26. The molecule has 2 unspecified atom stereocenters. The highest BCUT2D eigenvalue weighted by molar-refractivity contribution is 7.86. The Morgan fingerprint density at radius 3 is 2.50 bits per heavy atom. The first-order valence-electron chi connectivity index (χ1n) is 7.11. The lowest BCUT2D eigenvalue weighted by molar-refractivity contribution is 0.293. The fraction of sp³-hybridized carbons (Fsp3) is 1.00. The lowest BCUT2D eigenvalue weighted by Gasteiger charge is -2.32. The van der Waals surface area contributed by atoms with E-state index < -0.39 is 10.2 Å². The van der Waals surface area contributed by atoms with Crippen LogP contribution in [0.25, 0.3) is 0 Å². The maximum Gasteiger partial charge on any atom is 0.282 e. The van der Waals surface area contributed by atoms with Gasteiger partial charge in [0.05, 0.1) is 0 Å². The molecular formula is C12H25N3O2S. The summed E-state index contributed by atoms with van der Waals surface area (Å²) in [6.45, 7) is 6.63. The van der Waals surface area contributed by atoms with Crippen molar-refractivity contribution in [1.82, 2.24) is 13.9 Å². The first kappa shape index (κ1) is 14.2. The van der Waals surface area contributed by atoms with Crippen LogP contribution >= 0.6 is 0 Å². The van der Waals surface area contributed by atoms with Crippen molar-refractivity contribution in [2.75, 3.05) is 26.2 Å². The number of rotatable bonds is 5. The van der Waals surface area contributed by atoms with Crippen molar-refractivity contribution >= 4 is 10.2 Å². The van der Waals surface area contributed by atoms with E-state index in [-0.39, 0.29) is 6.04 Å². The summed E-state index contributed by atoms with van der Waals surface area (Å²) in [6.07, 6.45) is 4.26. The summed E-state index contributed by atoms with van der Waals surface area (Å²) in [4.78, 5) is 0. The molecule has 106 valence electrons. The largest absolute Gasteiger partial charge is 0.312 e. The molecule has 0 spiro atoms. The van der Waals surface area contributed by atoms with Gasteiger partial charge in [-0.15, -0.1) is 0 Å². The molecule has 2 heterocycles. The smallest absolute Gasteiger partial charge is 0.282 e. The van der Waals surface area contributed by atoms with Gasteiger partial charge in [-0.1, -0.05) is 13.8 Å². The highest BCUT2D eigenvalue weighted by atomic mass is 32.2. The highest BCUT2D eigenvalue weighted by Gasteiger charge is 2.41. The molecule has 2 saturated heterocycles. The summed E-state index contributed by atoms with van der Waals surface area (Å²) in [5, 5.41) is 3.45. The minimum Gasteiger partial charge on any atom is -0.312 e. The van der Waals surface area contributed by atoms with E-state index in [4.69, 9.17) is 0 Å². The molecule has 2 aliphatic heterocycles. The molecular weight excluding hydrogens is 250 g/mol. The number of hydrogen-bond acceptors (Lipinski definition) is 3. The van der Waals surface area contributed by atoms with Crippen LogP contribution in [0.4, 0.5) is 0 Å². The summed E-state index contributed by atoms with van der Waals surface area (Å²) in [5.41, 5.74) is 0. The molecule has 2 atom stereocenters. The van der Waals surface area contributed by atoms with E-state index in [9.17, 15) is 8.42 Å². The molecule has 0 bridgehead atoms. The molecule has 0 amide bonds. The second-order valence-electron chi connectivity index (χ2n) is 5.12. The van der Waals surface area contributed by atoms with E-state index in [1.54, 1.807) is 8.61 Å². The Morgan fingerprint density at radius 1 is 1.22 bits per heavy atom. The fourth-order valence-corrected chi connectivity index (χ4v) is 5.10. The van der Waals surface area contributed by atoms with E-state index in [1.807, 2.05) is 13.8 Å². The normalized spacial score (nSPS) is 30.4. The van der Waals surface area contributed by atoms with Gasteiger partial charge in [-0.2, -0.15) is 17.0 Å². The quantitative estimate of drug-likeness (QED) is 0.807. The monoisotopic (exact) mass is 275 g/mol. The number of nitrogens with zero attached hydrogens (tertiary/aromatic N) is 2. The van der Waals surface area contributed by atoms with Crippen molar-refractivity contribution in [3.8, 4) is 0 Å². The first-order chi connectivity index (χ1) is 8.61. The Labute approximate surface area is 111 Å². The van der Waals surface area contributed by atoms with E-state index in [2.05, 4.69) is 5.32 Å². The molecule has 2 fully saturated rings. The maximum absolute atomic E-state index is 12.6. The van der Waals surface area contributed by atoms with Gasteiger partial charge in [-0.3, -0.25) is 0 Å². The zero-order valence-electron chi connectivity index (χ0n) is 11.4. The Balaban J connectivity index is 2.15. The van der Waals surface area contributed by atoms with Crippen molar-refractivity contribution < 1.29 is 8.42 Å². The summed E-state index contributed by atoms with van der Waals surface area (Å²) < 4.78 is 28.5. The van der Waals surface area contributed by atoms with Gasteiger partial charge in [0.1, 0.15) is 0 Å². The molecule has 2 rings (SSSR count).